The van der Waals surface area contributed by atoms with Crippen molar-refractivity contribution < 1.29 is 13.2 Å². The first-order valence-corrected chi connectivity index (χ1v) is 9.42. The summed E-state index contributed by atoms with van der Waals surface area (Å²) in [6.45, 7) is 3.28. The highest BCUT2D eigenvalue weighted by atomic mass is 32.2. The van der Waals surface area contributed by atoms with E-state index in [9.17, 15) is 13.2 Å². The van der Waals surface area contributed by atoms with Crippen LogP contribution in [0.15, 0.2) is 18.5 Å². The normalized spacial score (nSPS) is 29.5. The summed E-state index contributed by atoms with van der Waals surface area (Å²) in [7, 11) is -3.16. The molecule has 122 valence electrons. The molecule has 3 rings (SSSR count). The molecule has 0 radical (unpaired) electrons. The van der Waals surface area contributed by atoms with Gasteiger partial charge < -0.3 is 4.90 Å². The molecule has 0 aliphatic carbocycles. The lowest BCUT2D eigenvalue weighted by atomic mass is 9.93. The Morgan fingerprint density at radius 2 is 2.18 bits per heavy atom. The van der Waals surface area contributed by atoms with Crippen LogP contribution in [0.4, 0.5) is 0 Å². The van der Waals surface area contributed by atoms with Crippen LogP contribution < -0.4 is 0 Å². The average molecular weight is 326 g/mol. The molecule has 0 aromatic carbocycles. The summed E-state index contributed by atoms with van der Waals surface area (Å²) in [4.78, 5) is 14.0. The molecule has 7 nitrogen and oxygen atoms in total. The molecule has 1 amide bonds. The van der Waals surface area contributed by atoms with E-state index >= 15 is 0 Å². The molecule has 1 aromatic rings. The van der Waals surface area contributed by atoms with Crippen molar-refractivity contribution in [2.45, 2.75) is 38.4 Å². The van der Waals surface area contributed by atoms with Gasteiger partial charge in [-0.25, -0.2) is 12.7 Å². The van der Waals surface area contributed by atoms with Crippen molar-refractivity contribution in [2.75, 3.05) is 19.3 Å². The number of nitrogens with zero attached hydrogens (tertiary/aromatic N) is 4. The highest BCUT2D eigenvalue weighted by Gasteiger charge is 2.46. The zero-order valence-corrected chi connectivity index (χ0v) is 13.7. The maximum atomic E-state index is 12.1. The molecule has 2 aliphatic rings. The molecular formula is C14H22N4O3S. The summed E-state index contributed by atoms with van der Waals surface area (Å²) in [5.74, 6) is 0.283. The summed E-state index contributed by atoms with van der Waals surface area (Å²) in [6.07, 6.45) is 6.42. The van der Waals surface area contributed by atoms with E-state index in [-0.39, 0.29) is 23.9 Å². The number of carbonyl (C=O) groups is 1. The first-order chi connectivity index (χ1) is 10.4. The average Bonchev–Trinajstić information content (AvgIpc) is 3.03. The van der Waals surface area contributed by atoms with Crippen LogP contribution in [0.1, 0.15) is 19.8 Å². The fourth-order valence-corrected chi connectivity index (χ4v) is 4.80. The highest BCUT2D eigenvalue weighted by molar-refractivity contribution is 7.88. The molecule has 1 aromatic heterocycles. The van der Waals surface area contributed by atoms with E-state index < -0.39 is 10.0 Å². The molecule has 3 atom stereocenters. The van der Waals surface area contributed by atoms with Gasteiger partial charge in [-0.15, -0.1) is 0 Å². The van der Waals surface area contributed by atoms with E-state index in [0.717, 1.165) is 6.42 Å². The number of amides is 1. The molecule has 22 heavy (non-hydrogen) atoms. The predicted molar refractivity (Wildman–Crippen MR) is 81.5 cm³/mol. The summed E-state index contributed by atoms with van der Waals surface area (Å²) in [5, 5.41) is 4.22. The molecule has 2 saturated heterocycles. The number of piperidine rings is 1. The van der Waals surface area contributed by atoms with Gasteiger partial charge in [0.2, 0.25) is 15.9 Å². The minimum Gasteiger partial charge on any atom is -0.335 e. The Bertz CT molecular complexity index is 643. The molecule has 0 bridgehead atoms. The van der Waals surface area contributed by atoms with Gasteiger partial charge in [0.1, 0.15) is 0 Å². The second-order valence-electron chi connectivity index (χ2n) is 6.28. The molecule has 2 fully saturated rings. The third kappa shape index (κ3) is 2.89. The number of aromatic nitrogens is 2. The van der Waals surface area contributed by atoms with Crippen LogP contribution in [-0.2, 0) is 21.4 Å². The summed E-state index contributed by atoms with van der Waals surface area (Å²) >= 11 is 0. The van der Waals surface area contributed by atoms with E-state index in [2.05, 4.69) is 5.10 Å². The van der Waals surface area contributed by atoms with Crippen molar-refractivity contribution in [3.05, 3.63) is 18.5 Å². The topological polar surface area (TPSA) is 75.5 Å². The summed E-state index contributed by atoms with van der Waals surface area (Å²) in [5.41, 5.74) is 0. The largest absolute Gasteiger partial charge is 0.335 e. The predicted octanol–water partition coefficient (Wildman–Crippen LogP) is 0.154. The Morgan fingerprint density at radius 3 is 2.77 bits per heavy atom. The SMILES string of the molecule is CC(=O)N1C(Cn2cccn2)CC2CN(S(C)(=O)=O)CCC21. The fourth-order valence-electron chi connectivity index (χ4n) is 3.90. The van der Waals surface area contributed by atoms with Crippen molar-refractivity contribution in [3.63, 3.8) is 0 Å². The zero-order chi connectivity index (χ0) is 15.9. The van der Waals surface area contributed by atoms with Crippen LogP contribution in [0, 0.1) is 5.92 Å². The van der Waals surface area contributed by atoms with E-state index in [1.54, 1.807) is 17.4 Å². The molecule has 0 N–H and O–H groups in total. The first-order valence-electron chi connectivity index (χ1n) is 7.57. The van der Waals surface area contributed by atoms with Crippen molar-refractivity contribution in [1.29, 1.82) is 0 Å². The summed E-state index contributed by atoms with van der Waals surface area (Å²) in [6, 6.07) is 2.11. The monoisotopic (exact) mass is 326 g/mol. The fraction of sp³-hybridized carbons (Fsp3) is 0.714. The Kier molecular flexibility index (Phi) is 3.98. The van der Waals surface area contributed by atoms with Crippen LogP contribution in [0.3, 0.4) is 0 Å². The smallest absolute Gasteiger partial charge is 0.220 e. The number of hydrogen-bond acceptors (Lipinski definition) is 4. The van der Waals surface area contributed by atoms with Crippen molar-refractivity contribution in [1.82, 2.24) is 19.0 Å². The number of hydrogen-bond donors (Lipinski definition) is 0. The molecule has 8 heteroatoms. The Hall–Kier alpha value is -1.41. The Labute approximate surface area is 130 Å². The van der Waals surface area contributed by atoms with Gasteiger partial charge in [0.05, 0.1) is 18.8 Å². The number of rotatable bonds is 3. The zero-order valence-electron chi connectivity index (χ0n) is 12.9. The number of likely N-dealkylation sites (tertiary alicyclic amines) is 1. The van der Waals surface area contributed by atoms with Gasteiger partial charge in [-0.2, -0.15) is 5.10 Å². The summed E-state index contributed by atoms with van der Waals surface area (Å²) < 4.78 is 26.9. The molecule has 0 saturated carbocycles. The molecule has 3 heterocycles. The minimum atomic E-state index is -3.16. The molecule has 3 unspecified atom stereocenters. The lowest BCUT2D eigenvalue weighted by Crippen LogP contribution is -2.50. The lowest BCUT2D eigenvalue weighted by molar-refractivity contribution is -0.132. The minimum absolute atomic E-state index is 0.0671. The van der Waals surface area contributed by atoms with Crippen LogP contribution in [0.2, 0.25) is 0 Å². The molecule has 2 aliphatic heterocycles. The van der Waals surface area contributed by atoms with Gasteiger partial charge in [-0.1, -0.05) is 0 Å². The Balaban J connectivity index is 1.78. The second kappa shape index (κ2) is 5.66. The van der Waals surface area contributed by atoms with Crippen LogP contribution in [0.25, 0.3) is 0 Å². The van der Waals surface area contributed by atoms with E-state index in [0.29, 0.717) is 26.1 Å². The molecule has 0 spiro atoms. The van der Waals surface area contributed by atoms with Crippen molar-refractivity contribution in [3.8, 4) is 0 Å². The second-order valence-corrected chi connectivity index (χ2v) is 8.26. The van der Waals surface area contributed by atoms with Gasteiger partial charge in [0.25, 0.3) is 0 Å². The van der Waals surface area contributed by atoms with Crippen molar-refractivity contribution in [2.24, 2.45) is 5.92 Å². The van der Waals surface area contributed by atoms with Gasteiger partial charge in [0.15, 0.2) is 0 Å². The quantitative estimate of drug-likeness (QED) is 0.793. The van der Waals surface area contributed by atoms with Crippen LogP contribution in [0.5, 0.6) is 0 Å². The third-order valence-corrected chi connectivity index (χ3v) is 6.04. The third-order valence-electron chi connectivity index (χ3n) is 4.77. The first kappa shape index (κ1) is 15.5. The van der Waals surface area contributed by atoms with Gasteiger partial charge in [-0.3, -0.25) is 9.48 Å². The maximum Gasteiger partial charge on any atom is 0.220 e. The standard InChI is InChI=1S/C14H22N4O3S/c1-11(19)18-13(10-16-6-3-5-15-16)8-12-9-17(22(2,20)21)7-4-14(12)18/h3,5-6,12-14H,4,7-10H2,1-2H3. The lowest BCUT2D eigenvalue weighted by Gasteiger charge is -2.37. The Morgan fingerprint density at radius 1 is 1.41 bits per heavy atom. The van der Waals surface area contributed by atoms with Gasteiger partial charge in [0, 0.05) is 38.4 Å². The number of sulfonamides is 1. The van der Waals surface area contributed by atoms with Gasteiger partial charge >= 0.3 is 0 Å². The number of fused-ring (bicyclic) bond motifs is 1. The highest BCUT2D eigenvalue weighted by Crippen LogP contribution is 2.36. The van der Waals surface area contributed by atoms with E-state index in [4.69, 9.17) is 0 Å². The van der Waals surface area contributed by atoms with Crippen molar-refractivity contribution >= 4 is 15.9 Å². The number of carbonyl (C=O) groups excluding carboxylic acids is 1. The van der Waals surface area contributed by atoms with Gasteiger partial charge in [-0.05, 0) is 24.8 Å². The van der Waals surface area contributed by atoms with Crippen LogP contribution >= 0.6 is 0 Å². The van der Waals surface area contributed by atoms with Crippen LogP contribution in [-0.4, -0.2) is 64.7 Å². The molecular weight excluding hydrogens is 304 g/mol. The van der Waals surface area contributed by atoms with E-state index in [1.165, 1.54) is 6.26 Å². The van der Waals surface area contributed by atoms with E-state index in [1.807, 2.05) is 21.8 Å². The maximum absolute atomic E-state index is 12.1.